The van der Waals surface area contributed by atoms with Crippen LogP contribution < -0.4 is 4.74 Å². The highest BCUT2D eigenvalue weighted by Gasteiger charge is 2.20. The molecule has 0 amide bonds. The van der Waals surface area contributed by atoms with Crippen molar-refractivity contribution in [3.05, 3.63) is 75.7 Å². The van der Waals surface area contributed by atoms with Gasteiger partial charge >= 0.3 is 11.7 Å². The second-order valence-corrected chi connectivity index (χ2v) is 5.61. The summed E-state index contributed by atoms with van der Waals surface area (Å²) in [5, 5.41) is 11.2. The van der Waals surface area contributed by atoms with Crippen molar-refractivity contribution in [1.82, 2.24) is 4.98 Å². The minimum Gasteiger partial charge on any atom is -0.480 e. The highest BCUT2D eigenvalue weighted by molar-refractivity contribution is 5.90. The molecular formula is C19H16N2O6. The number of benzene rings is 2. The lowest BCUT2D eigenvalue weighted by atomic mass is 10.2. The van der Waals surface area contributed by atoms with Gasteiger partial charge < -0.3 is 13.9 Å². The molecule has 3 aromatic rings. The number of aromatic nitrogens is 1. The van der Waals surface area contributed by atoms with Gasteiger partial charge in [0.25, 0.3) is 0 Å². The molecule has 0 spiro atoms. The molecule has 1 heterocycles. The van der Waals surface area contributed by atoms with Crippen LogP contribution in [0.3, 0.4) is 0 Å². The van der Waals surface area contributed by atoms with E-state index in [1.165, 1.54) is 25.3 Å². The third-order valence-corrected chi connectivity index (χ3v) is 3.86. The Morgan fingerprint density at radius 2 is 1.96 bits per heavy atom. The van der Waals surface area contributed by atoms with Gasteiger partial charge in [0.1, 0.15) is 18.1 Å². The molecule has 0 saturated heterocycles. The first-order valence-corrected chi connectivity index (χ1v) is 8.01. The third kappa shape index (κ3) is 3.95. The van der Waals surface area contributed by atoms with Gasteiger partial charge in [-0.2, -0.15) is 0 Å². The smallest absolute Gasteiger partial charge is 0.337 e. The number of hydrogen-bond acceptors (Lipinski definition) is 7. The Morgan fingerprint density at radius 3 is 2.63 bits per heavy atom. The molecule has 0 bridgehead atoms. The van der Waals surface area contributed by atoms with E-state index in [4.69, 9.17) is 9.15 Å². The first-order valence-electron chi connectivity index (χ1n) is 8.01. The van der Waals surface area contributed by atoms with Gasteiger partial charge in [-0.15, -0.1) is 0 Å². The van der Waals surface area contributed by atoms with Crippen molar-refractivity contribution in [2.75, 3.05) is 7.11 Å². The Kier molecular flexibility index (Phi) is 5.16. The molecule has 0 unspecified atom stereocenters. The number of ether oxygens (including phenoxy) is 2. The van der Waals surface area contributed by atoms with Crippen LogP contribution in [0, 0.1) is 17.0 Å². The molecule has 0 saturated carbocycles. The second kappa shape index (κ2) is 7.69. The summed E-state index contributed by atoms with van der Waals surface area (Å²) in [6.07, 6.45) is 0. The monoisotopic (exact) mass is 368 g/mol. The number of nitrogens with zero attached hydrogens (tertiary/aromatic N) is 2. The molecule has 3 rings (SSSR count). The average Bonchev–Trinajstić information content (AvgIpc) is 3.06. The van der Waals surface area contributed by atoms with E-state index in [1.807, 2.05) is 30.3 Å². The number of aryl methyl sites for hydroxylation is 1. The molecule has 0 radical (unpaired) electrons. The Hall–Kier alpha value is -3.68. The SMILES string of the molecule is COC(=O)c1ccc([N+](=O)[O-])c(OCc2nc(-c3ccccc3)oc2C)c1. The van der Waals surface area contributed by atoms with Crippen molar-refractivity contribution in [2.45, 2.75) is 13.5 Å². The van der Waals surface area contributed by atoms with Gasteiger partial charge in [-0.3, -0.25) is 10.1 Å². The number of carbonyl (C=O) groups excluding carboxylic acids is 1. The first-order chi connectivity index (χ1) is 13.0. The predicted octanol–water partition coefficient (Wildman–Crippen LogP) is 3.92. The van der Waals surface area contributed by atoms with Gasteiger partial charge in [0.2, 0.25) is 5.89 Å². The van der Waals surface area contributed by atoms with E-state index in [-0.39, 0.29) is 23.6 Å². The number of esters is 1. The number of nitro groups is 1. The van der Waals surface area contributed by atoms with Crippen LogP contribution in [0.15, 0.2) is 52.9 Å². The highest BCUT2D eigenvalue weighted by atomic mass is 16.6. The summed E-state index contributed by atoms with van der Waals surface area (Å²) < 4.78 is 15.9. The highest BCUT2D eigenvalue weighted by Crippen LogP contribution is 2.30. The van der Waals surface area contributed by atoms with E-state index >= 15 is 0 Å². The molecule has 8 nitrogen and oxygen atoms in total. The van der Waals surface area contributed by atoms with Crippen molar-refractivity contribution in [1.29, 1.82) is 0 Å². The summed E-state index contributed by atoms with van der Waals surface area (Å²) in [4.78, 5) is 26.7. The van der Waals surface area contributed by atoms with Crippen LogP contribution in [-0.2, 0) is 11.3 Å². The van der Waals surface area contributed by atoms with Gasteiger partial charge in [-0.05, 0) is 25.1 Å². The van der Waals surface area contributed by atoms with E-state index in [2.05, 4.69) is 9.72 Å². The van der Waals surface area contributed by atoms with Crippen LogP contribution in [0.1, 0.15) is 21.8 Å². The molecule has 0 atom stereocenters. The lowest BCUT2D eigenvalue weighted by Gasteiger charge is -2.07. The summed E-state index contributed by atoms with van der Waals surface area (Å²) in [6.45, 7) is 1.69. The molecule has 138 valence electrons. The molecule has 0 N–H and O–H groups in total. The molecular weight excluding hydrogens is 352 g/mol. The van der Waals surface area contributed by atoms with Crippen LogP contribution in [0.25, 0.3) is 11.5 Å². The number of oxazole rings is 1. The zero-order chi connectivity index (χ0) is 19.4. The van der Waals surface area contributed by atoms with Crippen molar-refractivity contribution >= 4 is 11.7 Å². The van der Waals surface area contributed by atoms with Gasteiger partial charge in [-0.1, -0.05) is 18.2 Å². The molecule has 1 aromatic heterocycles. The molecule has 0 aliphatic carbocycles. The quantitative estimate of drug-likeness (QED) is 0.369. The fourth-order valence-electron chi connectivity index (χ4n) is 2.44. The molecule has 8 heteroatoms. The first kappa shape index (κ1) is 18.1. The second-order valence-electron chi connectivity index (χ2n) is 5.61. The molecule has 2 aromatic carbocycles. The van der Waals surface area contributed by atoms with Gasteiger partial charge in [0, 0.05) is 17.7 Å². The lowest BCUT2D eigenvalue weighted by molar-refractivity contribution is -0.386. The molecule has 27 heavy (non-hydrogen) atoms. The Morgan fingerprint density at radius 1 is 1.22 bits per heavy atom. The lowest BCUT2D eigenvalue weighted by Crippen LogP contribution is -2.05. The number of carbonyl (C=O) groups is 1. The Bertz CT molecular complexity index is 981. The van der Waals surface area contributed by atoms with Gasteiger partial charge in [0.15, 0.2) is 5.75 Å². The maximum atomic E-state index is 11.7. The topological polar surface area (TPSA) is 105 Å². The number of hydrogen-bond donors (Lipinski definition) is 0. The summed E-state index contributed by atoms with van der Waals surface area (Å²) in [5.41, 5.74) is 1.21. The predicted molar refractivity (Wildman–Crippen MR) is 95.4 cm³/mol. The van der Waals surface area contributed by atoms with E-state index in [9.17, 15) is 14.9 Å². The van der Waals surface area contributed by atoms with Gasteiger partial charge in [-0.25, -0.2) is 9.78 Å². The minimum absolute atomic E-state index is 0.0480. The molecule has 0 fully saturated rings. The van der Waals surface area contributed by atoms with Gasteiger partial charge in [0.05, 0.1) is 17.6 Å². The standard InChI is InChI=1S/C19H16N2O6/c1-12-15(20-18(27-12)13-6-4-3-5-7-13)11-26-17-10-14(19(22)25-2)8-9-16(17)21(23)24/h3-10H,11H2,1-2H3. The van der Waals surface area contributed by atoms with Crippen molar-refractivity contribution in [3.8, 4) is 17.2 Å². The van der Waals surface area contributed by atoms with Crippen molar-refractivity contribution in [3.63, 3.8) is 0 Å². The zero-order valence-corrected chi connectivity index (χ0v) is 14.7. The van der Waals surface area contributed by atoms with E-state index in [1.54, 1.807) is 6.92 Å². The fraction of sp³-hybridized carbons (Fsp3) is 0.158. The molecule has 0 aliphatic heterocycles. The number of methoxy groups -OCH3 is 1. The van der Waals surface area contributed by atoms with E-state index < -0.39 is 10.9 Å². The number of nitro benzene ring substituents is 1. The van der Waals surface area contributed by atoms with Crippen LogP contribution in [0.4, 0.5) is 5.69 Å². The summed E-state index contributed by atoms with van der Waals surface area (Å²) in [5.74, 6) is 0.315. The minimum atomic E-state index is -0.612. The fourth-order valence-corrected chi connectivity index (χ4v) is 2.44. The van der Waals surface area contributed by atoms with Crippen LogP contribution in [-0.4, -0.2) is 23.0 Å². The summed E-state index contributed by atoms with van der Waals surface area (Å²) >= 11 is 0. The van der Waals surface area contributed by atoms with Crippen molar-refractivity contribution in [2.24, 2.45) is 0 Å². The third-order valence-electron chi connectivity index (χ3n) is 3.86. The summed E-state index contributed by atoms with van der Waals surface area (Å²) in [7, 11) is 1.23. The van der Waals surface area contributed by atoms with Crippen LogP contribution >= 0.6 is 0 Å². The Labute approximate surface area is 154 Å². The Balaban J connectivity index is 1.85. The van der Waals surface area contributed by atoms with Crippen molar-refractivity contribution < 1.29 is 23.6 Å². The maximum absolute atomic E-state index is 11.7. The maximum Gasteiger partial charge on any atom is 0.337 e. The zero-order valence-electron chi connectivity index (χ0n) is 14.7. The van der Waals surface area contributed by atoms with E-state index in [0.29, 0.717) is 17.3 Å². The van der Waals surface area contributed by atoms with Crippen LogP contribution in [0.5, 0.6) is 5.75 Å². The van der Waals surface area contributed by atoms with Crippen LogP contribution in [0.2, 0.25) is 0 Å². The average molecular weight is 368 g/mol. The number of rotatable bonds is 6. The molecule has 0 aliphatic rings. The summed E-state index contributed by atoms with van der Waals surface area (Å²) in [6, 6.07) is 13.1. The van der Waals surface area contributed by atoms with E-state index in [0.717, 1.165) is 5.56 Å². The largest absolute Gasteiger partial charge is 0.480 e. The normalized spacial score (nSPS) is 10.4.